The van der Waals surface area contributed by atoms with Gasteiger partial charge in [0.2, 0.25) is 0 Å². The lowest BCUT2D eigenvalue weighted by Gasteiger charge is -2.21. The van der Waals surface area contributed by atoms with E-state index in [4.69, 9.17) is 9.29 Å². The fourth-order valence-electron chi connectivity index (χ4n) is 3.76. The lowest BCUT2D eigenvalue weighted by Crippen LogP contribution is -2.31. The van der Waals surface area contributed by atoms with Gasteiger partial charge in [-0.15, -0.1) is 0 Å². The van der Waals surface area contributed by atoms with E-state index in [1.165, 1.54) is 44.2 Å². The molecule has 0 radical (unpaired) electrons. The molecule has 0 unspecified atom stereocenters. The van der Waals surface area contributed by atoms with E-state index in [1.54, 1.807) is 0 Å². The van der Waals surface area contributed by atoms with Crippen molar-refractivity contribution in [2.45, 2.75) is 26.7 Å². The molecule has 3 rings (SSSR count). The van der Waals surface area contributed by atoms with Crippen LogP contribution in [0.15, 0.2) is 35.1 Å². The van der Waals surface area contributed by atoms with Gasteiger partial charge in [-0.05, 0) is 71.6 Å². The fourth-order valence-corrected chi connectivity index (χ4v) is 4.52. The maximum absolute atomic E-state index is 13.5. The fraction of sp³-hybridized carbons (Fsp3) is 0.417. The summed E-state index contributed by atoms with van der Waals surface area (Å²) in [5.41, 5.74) is -1.12. The summed E-state index contributed by atoms with van der Waals surface area (Å²) in [5, 5.41) is 15.1. The number of carbonyl (C=O) groups is 1. The van der Waals surface area contributed by atoms with E-state index in [1.807, 2.05) is 19.0 Å². The van der Waals surface area contributed by atoms with Crippen LogP contribution in [0.4, 0.5) is 11.4 Å². The van der Waals surface area contributed by atoms with Crippen LogP contribution in [0.5, 0.6) is 5.75 Å². The molecule has 0 atom stereocenters. The Kier molecular flexibility index (Phi) is 8.20. The number of benzene rings is 2. The molecule has 12 nitrogen and oxygen atoms in total. The van der Waals surface area contributed by atoms with Crippen molar-refractivity contribution in [3.05, 3.63) is 50.7 Å². The first-order chi connectivity index (χ1) is 17.2. The Bertz CT molecular complexity index is 1510. The van der Waals surface area contributed by atoms with Gasteiger partial charge in [0.1, 0.15) is 11.3 Å². The summed E-state index contributed by atoms with van der Waals surface area (Å²) in [4.78, 5) is 42.3. The van der Waals surface area contributed by atoms with Crippen molar-refractivity contribution in [1.82, 2.24) is 9.88 Å². The molecule has 3 aromatic rings. The number of carbonyl (C=O) groups excluding carboxylic acids is 1. The van der Waals surface area contributed by atoms with Crippen LogP contribution in [0.25, 0.3) is 21.8 Å². The van der Waals surface area contributed by atoms with Gasteiger partial charge < -0.3 is 19.9 Å². The highest BCUT2D eigenvalue weighted by atomic mass is 32.2. The molecule has 0 aliphatic rings. The predicted molar refractivity (Wildman–Crippen MR) is 141 cm³/mol. The summed E-state index contributed by atoms with van der Waals surface area (Å²) in [6, 6.07) is 7.10. The number of non-ortho nitro benzene ring substituents is 1. The lowest BCUT2D eigenvalue weighted by molar-refractivity contribution is -0.383. The number of nitrogens with zero attached hydrogens (tertiary/aromatic N) is 2. The third-order valence-electron chi connectivity index (χ3n) is 5.95. The van der Waals surface area contributed by atoms with Crippen molar-refractivity contribution in [2.75, 3.05) is 38.3 Å². The molecule has 37 heavy (non-hydrogen) atoms. The van der Waals surface area contributed by atoms with Gasteiger partial charge in [0.15, 0.2) is 5.43 Å². The van der Waals surface area contributed by atoms with E-state index in [0.717, 1.165) is 13.0 Å². The zero-order valence-electron chi connectivity index (χ0n) is 21.0. The number of hydrogen-bond acceptors (Lipinski definition) is 9. The second-order valence-electron chi connectivity index (χ2n) is 9.69. The summed E-state index contributed by atoms with van der Waals surface area (Å²) in [7, 11) is -0.370. The average Bonchev–Trinajstić information content (AvgIpc) is 2.80. The number of nitro groups is 1. The summed E-state index contributed by atoms with van der Waals surface area (Å²) in [6.07, 6.45) is 0.612. The molecule has 1 aromatic heterocycles. The molecule has 0 amide bonds. The first kappa shape index (κ1) is 28.0. The normalized spacial score (nSPS) is 12.3. The van der Waals surface area contributed by atoms with Crippen LogP contribution in [0.1, 0.15) is 26.7 Å². The molecule has 0 fully saturated rings. The van der Waals surface area contributed by atoms with E-state index in [0.29, 0.717) is 17.7 Å². The molecule has 0 aliphatic carbocycles. The van der Waals surface area contributed by atoms with Gasteiger partial charge in [-0.25, -0.2) is 0 Å². The Morgan fingerprint density at radius 2 is 1.95 bits per heavy atom. The number of nitro benzene ring substituents is 1. The van der Waals surface area contributed by atoms with Crippen LogP contribution in [0.2, 0.25) is 0 Å². The van der Waals surface area contributed by atoms with E-state index in [-0.39, 0.29) is 34.1 Å². The van der Waals surface area contributed by atoms with Crippen LogP contribution < -0.4 is 15.5 Å². The number of rotatable bonds is 11. The van der Waals surface area contributed by atoms with Crippen LogP contribution >= 0.6 is 0 Å². The van der Waals surface area contributed by atoms with Gasteiger partial charge in [-0.1, -0.05) is 0 Å². The number of pyridine rings is 1. The third-order valence-corrected chi connectivity index (χ3v) is 6.67. The van der Waals surface area contributed by atoms with Crippen molar-refractivity contribution in [3.8, 4) is 5.75 Å². The number of nitrogens with one attached hydrogen (secondary N) is 2. The third kappa shape index (κ3) is 6.81. The van der Waals surface area contributed by atoms with Crippen LogP contribution in [0, 0.1) is 15.5 Å². The van der Waals surface area contributed by atoms with Gasteiger partial charge in [0.25, 0.3) is 15.8 Å². The van der Waals surface area contributed by atoms with E-state index >= 15 is 0 Å². The van der Waals surface area contributed by atoms with Gasteiger partial charge in [0.05, 0.1) is 27.0 Å². The highest BCUT2D eigenvalue weighted by Gasteiger charge is 2.31. The monoisotopic (exact) mass is 534 g/mol. The Morgan fingerprint density at radius 3 is 2.57 bits per heavy atom. The van der Waals surface area contributed by atoms with E-state index < -0.39 is 37.6 Å². The minimum atomic E-state index is -4.26. The minimum Gasteiger partial charge on any atom is -0.426 e. The van der Waals surface area contributed by atoms with Crippen molar-refractivity contribution in [2.24, 2.45) is 5.41 Å². The van der Waals surface area contributed by atoms with Gasteiger partial charge in [-0.3, -0.25) is 24.3 Å². The van der Waals surface area contributed by atoms with Gasteiger partial charge in [0, 0.05) is 23.7 Å². The number of aromatic amines is 1. The largest absolute Gasteiger partial charge is 0.426 e. The molecule has 3 N–H and O–H groups in total. The molecule has 0 aliphatic heterocycles. The van der Waals surface area contributed by atoms with Crippen LogP contribution in [-0.2, 0) is 14.9 Å². The van der Waals surface area contributed by atoms with Crippen LogP contribution in [-0.4, -0.2) is 66.7 Å². The quantitative estimate of drug-likeness (QED) is 0.0631. The zero-order valence-corrected chi connectivity index (χ0v) is 21.8. The maximum atomic E-state index is 13.5. The van der Waals surface area contributed by atoms with Crippen molar-refractivity contribution < 1.29 is 27.4 Å². The standard InChI is InChI=1S/C24H30N4O8S/c1-24(2,10-13-37(33,34)35)23(30)36-15-6-7-17-16(14-15)22(29)20-18(25-11-5-12-27(3)4)8-9-19(28(31)32)21(20)26-17/h6-9,14,25H,5,10-13H2,1-4H3,(H,26,29)(H,33,34,35). The van der Waals surface area contributed by atoms with Crippen LogP contribution in [0.3, 0.4) is 0 Å². The minimum absolute atomic E-state index is 0.0493. The molecule has 1 heterocycles. The number of ether oxygens (including phenoxy) is 1. The second-order valence-corrected chi connectivity index (χ2v) is 11.3. The molecular weight excluding hydrogens is 504 g/mol. The maximum Gasteiger partial charge on any atom is 0.316 e. The summed E-state index contributed by atoms with van der Waals surface area (Å²) < 4.78 is 36.6. The van der Waals surface area contributed by atoms with E-state index in [9.17, 15) is 28.1 Å². The van der Waals surface area contributed by atoms with Crippen molar-refractivity contribution >= 4 is 49.3 Å². The SMILES string of the molecule is CN(C)CCCNc1ccc([N+](=O)[O-])c2[nH]c3ccc(OC(=O)C(C)(C)CCS(=O)(=O)O)cc3c(=O)c12. The summed E-state index contributed by atoms with van der Waals surface area (Å²) in [5.74, 6) is -1.30. The van der Waals surface area contributed by atoms with Gasteiger partial charge >= 0.3 is 5.97 Å². The van der Waals surface area contributed by atoms with Gasteiger partial charge in [-0.2, -0.15) is 8.42 Å². The molecule has 13 heteroatoms. The van der Waals surface area contributed by atoms with Crippen molar-refractivity contribution in [3.63, 3.8) is 0 Å². The first-order valence-corrected chi connectivity index (χ1v) is 13.1. The molecular formula is C24H30N4O8S. The topological polar surface area (TPSA) is 172 Å². The Balaban J connectivity index is 2.02. The van der Waals surface area contributed by atoms with E-state index in [2.05, 4.69) is 10.3 Å². The number of H-pyrrole nitrogens is 1. The number of fused-ring (bicyclic) bond motifs is 2. The first-order valence-electron chi connectivity index (χ1n) is 11.5. The number of aromatic nitrogens is 1. The number of anilines is 1. The summed E-state index contributed by atoms with van der Waals surface area (Å²) >= 11 is 0. The molecule has 2 aromatic carbocycles. The zero-order chi connectivity index (χ0) is 27.5. The molecule has 0 bridgehead atoms. The van der Waals surface area contributed by atoms with Crippen molar-refractivity contribution in [1.29, 1.82) is 0 Å². The smallest absolute Gasteiger partial charge is 0.316 e. The number of hydrogen-bond donors (Lipinski definition) is 3. The molecule has 0 saturated carbocycles. The Hall–Kier alpha value is -3.55. The highest BCUT2D eigenvalue weighted by molar-refractivity contribution is 7.85. The lowest BCUT2D eigenvalue weighted by atomic mass is 9.90. The molecule has 0 saturated heterocycles. The number of esters is 1. The summed E-state index contributed by atoms with van der Waals surface area (Å²) in [6.45, 7) is 4.32. The Labute approximate surface area is 213 Å². The second kappa shape index (κ2) is 10.8. The molecule has 200 valence electrons. The average molecular weight is 535 g/mol. The Morgan fingerprint density at radius 1 is 1.24 bits per heavy atom. The molecule has 0 spiro atoms. The predicted octanol–water partition coefficient (Wildman–Crippen LogP) is 3.16. The highest BCUT2D eigenvalue weighted by Crippen LogP contribution is 2.31.